The zero-order valence-corrected chi connectivity index (χ0v) is 9.77. The van der Waals surface area contributed by atoms with Crippen LogP contribution < -0.4 is 10.2 Å². The molecule has 2 rings (SSSR count). The van der Waals surface area contributed by atoms with Gasteiger partial charge >= 0.3 is 6.09 Å². The summed E-state index contributed by atoms with van der Waals surface area (Å²) in [5.41, 5.74) is 1.74. The van der Waals surface area contributed by atoms with Crippen molar-refractivity contribution in [3.05, 3.63) is 29.8 Å². The number of amides is 2. The van der Waals surface area contributed by atoms with Crippen LogP contribution >= 0.6 is 0 Å². The van der Waals surface area contributed by atoms with Gasteiger partial charge in [-0.3, -0.25) is 10.1 Å². The first kappa shape index (κ1) is 11.4. The lowest BCUT2D eigenvalue weighted by Gasteiger charge is -2.17. The second kappa shape index (κ2) is 4.45. The summed E-state index contributed by atoms with van der Waals surface area (Å²) in [5, 5.41) is 2.10. The molecule has 17 heavy (non-hydrogen) atoms. The van der Waals surface area contributed by atoms with E-state index in [0.717, 1.165) is 12.2 Å². The molecule has 0 saturated carbocycles. The molecule has 90 valence electrons. The molecule has 2 amide bonds. The third-order valence-corrected chi connectivity index (χ3v) is 2.80. The zero-order chi connectivity index (χ0) is 12.4. The predicted octanol–water partition coefficient (Wildman–Crippen LogP) is 1.45. The lowest BCUT2D eigenvalue weighted by atomic mass is 10.1. The van der Waals surface area contributed by atoms with Crippen LogP contribution in [0.15, 0.2) is 24.3 Å². The maximum absolute atomic E-state index is 11.4. The van der Waals surface area contributed by atoms with E-state index in [1.165, 1.54) is 0 Å². The highest BCUT2D eigenvalue weighted by Crippen LogP contribution is 2.24. The number of cyclic esters (lactones) is 1. The predicted molar refractivity (Wildman–Crippen MR) is 62.8 cm³/mol. The van der Waals surface area contributed by atoms with Gasteiger partial charge in [-0.15, -0.1) is 0 Å². The topological polar surface area (TPSA) is 58.6 Å². The number of imide groups is 1. The van der Waals surface area contributed by atoms with Gasteiger partial charge in [0.05, 0.1) is 0 Å². The van der Waals surface area contributed by atoms with Crippen LogP contribution in [0.25, 0.3) is 0 Å². The molecule has 0 spiro atoms. The van der Waals surface area contributed by atoms with E-state index in [1.54, 1.807) is 12.1 Å². The Labute approximate surface area is 99.4 Å². The van der Waals surface area contributed by atoms with Gasteiger partial charge < -0.3 is 9.64 Å². The molecule has 1 aliphatic heterocycles. The van der Waals surface area contributed by atoms with Gasteiger partial charge in [0, 0.05) is 24.8 Å². The Morgan fingerprint density at radius 1 is 1.29 bits per heavy atom. The Kier molecular flexibility index (Phi) is 2.99. The van der Waals surface area contributed by atoms with Crippen molar-refractivity contribution in [2.24, 2.45) is 0 Å². The summed E-state index contributed by atoms with van der Waals surface area (Å²) < 4.78 is 4.87. The molecule has 1 atom stereocenters. The molecule has 0 bridgehead atoms. The fourth-order valence-corrected chi connectivity index (χ4v) is 1.66. The summed E-state index contributed by atoms with van der Waals surface area (Å²) in [6, 6.07) is 7.39. The summed E-state index contributed by atoms with van der Waals surface area (Å²) in [6.07, 6.45) is -1.50. The van der Waals surface area contributed by atoms with Crippen molar-refractivity contribution in [1.29, 1.82) is 0 Å². The first-order valence-corrected chi connectivity index (χ1v) is 5.44. The summed E-state index contributed by atoms with van der Waals surface area (Å²) in [5.74, 6) is -0.411. The van der Waals surface area contributed by atoms with Crippen molar-refractivity contribution < 1.29 is 14.3 Å². The molecular formula is C12H14N2O3. The van der Waals surface area contributed by atoms with Crippen LogP contribution in [0.4, 0.5) is 10.5 Å². The number of nitrogens with one attached hydrogen (secondary N) is 1. The minimum atomic E-state index is -0.816. The van der Waals surface area contributed by atoms with Crippen LogP contribution in [0, 0.1) is 0 Å². The summed E-state index contributed by atoms with van der Waals surface area (Å²) >= 11 is 0. The van der Waals surface area contributed by atoms with E-state index in [2.05, 4.69) is 17.1 Å². The van der Waals surface area contributed by atoms with Gasteiger partial charge in [0.25, 0.3) is 5.91 Å². The average Bonchev–Trinajstić information content (AvgIpc) is 2.68. The molecule has 1 aromatic carbocycles. The molecule has 1 fully saturated rings. The number of hydrogen-bond donors (Lipinski definition) is 1. The van der Waals surface area contributed by atoms with Crippen LogP contribution in [0.5, 0.6) is 0 Å². The van der Waals surface area contributed by atoms with Crippen LogP contribution in [-0.4, -0.2) is 25.6 Å². The van der Waals surface area contributed by atoms with Crippen LogP contribution in [0.3, 0.4) is 0 Å². The number of carbonyl (C=O) groups is 2. The van der Waals surface area contributed by atoms with Gasteiger partial charge in [-0.05, 0) is 19.1 Å². The van der Waals surface area contributed by atoms with Crippen LogP contribution in [-0.2, 0) is 9.53 Å². The molecule has 1 heterocycles. The average molecular weight is 234 g/mol. The fraction of sp³-hybridized carbons (Fsp3) is 0.333. The molecule has 5 nitrogen and oxygen atoms in total. The van der Waals surface area contributed by atoms with E-state index >= 15 is 0 Å². The number of benzene rings is 1. The van der Waals surface area contributed by atoms with Gasteiger partial charge in [0.15, 0.2) is 0 Å². The Balaban J connectivity index is 2.18. The highest BCUT2D eigenvalue weighted by Gasteiger charge is 2.33. The molecule has 1 unspecified atom stereocenters. The zero-order valence-electron chi connectivity index (χ0n) is 9.77. The molecule has 0 radical (unpaired) electrons. The van der Waals surface area contributed by atoms with E-state index in [-0.39, 0.29) is 0 Å². The van der Waals surface area contributed by atoms with Gasteiger partial charge in [-0.2, -0.15) is 0 Å². The van der Waals surface area contributed by atoms with Crippen LogP contribution in [0.1, 0.15) is 18.6 Å². The van der Waals surface area contributed by atoms with Gasteiger partial charge in [0.1, 0.15) is 0 Å². The van der Waals surface area contributed by atoms with E-state index in [9.17, 15) is 9.59 Å². The summed E-state index contributed by atoms with van der Waals surface area (Å²) in [6.45, 7) is 2.96. The van der Waals surface area contributed by atoms with Crippen molar-refractivity contribution in [2.45, 2.75) is 13.0 Å². The molecule has 1 aliphatic rings. The molecule has 1 N–H and O–H groups in total. The molecule has 1 aromatic rings. The van der Waals surface area contributed by atoms with Gasteiger partial charge in [-0.1, -0.05) is 12.1 Å². The Morgan fingerprint density at radius 3 is 2.41 bits per heavy atom. The number of carbonyl (C=O) groups excluding carboxylic acids is 2. The number of nitrogens with zero attached hydrogens (tertiary/aromatic N) is 1. The first-order valence-electron chi connectivity index (χ1n) is 5.44. The van der Waals surface area contributed by atoms with Gasteiger partial charge in [-0.25, -0.2) is 4.79 Å². The molecular weight excluding hydrogens is 220 g/mol. The van der Waals surface area contributed by atoms with Crippen LogP contribution in [0.2, 0.25) is 0 Å². The van der Waals surface area contributed by atoms with E-state index in [0.29, 0.717) is 5.56 Å². The van der Waals surface area contributed by atoms with Crippen molar-refractivity contribution in [3.8, 4) is 0 Å². The summed E-state index contributed by atoms with van der Waals surface area (Å²) in [7, 11) is 1.98. The highest BCUT2D eigenvalue weighted by atomic mass is 16.6. The van der Waals surface area contributed by atoms with E-state index in [4.69, 9.17) is 4.74 Å². The maximum atomic E-state index is 11.4. The molecule has 0 aliphatic carbocycles. The van der Waals surface area contributed by atoms with Crippen molar-refractivity contribution in [1.82, 2.24) is 5.32 Å². The first-order chi connectivity index (χ1) is 8.11. The third-order valence-electron chi connectivity index (χ3n) is 2.80. The monoisotopic (exact) mass is 234 g/mol. The Bertz CT molecular complexity index is 442. The smallest absolute Gasteiger partial charge is 0.415 e. The number of alkyl carbamates (subject to hydrolysis) is 1. The Hall–Kier alpha value is -2.04. The minimum Gasteiger partial charge on any atom is -0.431 e. The minimum absolute atomic E-state index is 0.411. The standard InChI is InChI=1S/C12H14N2O3/c1-3-14(2)9-6-4-8(5-7-9)10-11(15)13-12(16)17-10/h4-7,10H,3H2,1-2H3,(H,13,15,16). The number of rotatable bonds is 3. The third kappa shape index (κ3) is 2.22. The second-order valence-electron chi connectivity index (χ2n) is 3.88. The quantitative estimate of drug-likeness (QED) is 0.860. The second-order valence-corrected chi connectivity index (χ2v) is 3.88. The number of hydrogen-bond acceptors (Lipinski definition) is 4. The van der Waals surface area contributed by atoms with E-state index < -0.39 is 18.1 Å². The molecule has 5 heteroatoms. The number of ether oxygens (including phenoxy) is 1. The lowest BCUT2D eigenvalue weighted by molar-refractivity contribution is -0.123. The van der Waals surface area contributed by atoms with E-state index in [1.807, 2.05) is 19.2 Å². The maximum Gasteiger partial charge on any atom is 0.415 e. The molecule has 1 saturated heterocycles. The normalized spacial score (nSPS) is 18.8. The Morgan fingerprint density at radius 2 is 1.94 bits per heavy atom. The largest absolute Gasteiger partial charge is 0.431 e. The fourth-order valence-electron chi connectivity index (χ4n) is 1.66. The van der Waals surface area contributed by atoms with Gasteiger partial charge in [0.2, 0.25) is 6.10 Å². The highest BCUT2D eigenvalue weighted by molar-refractivity contribution is 6.00. The molecule has 0 aromatic heterocycles. The van der Waals surface area contributed by atoms with Crippen molar-refractivity contribution in [3.63, 3.8) is 0 Å². The lowest BCUT2D eigenvalue weighted by Crippen LogP contribution is -2.20. The number of anilines is 1. The van der Waals surface area contributed by atoms with Crippen molar-refractivity contribution in [2.75, 3.05) is 18.5 Å². The van der Waals surface area contributed by atoms with Crippen molar-refractivity contribution >= 4 is 17.7 Å². The summed E-state index contributed by atoms with van der Waals surface area (Å²) in [4.78, 5) is 24.4. The SMILES string of the molecule is CCN(C)c1ccc(C2OC(=O)NC2=O)cc1.